The first-order valence-corrected chi connectivity index (χ1v) is 8.99. The Morgan fingerprint density at radius 1 is 1.15 bits per heavy atom. The maximum Gasteiger partial charge on any atom is 0.0235 e. The Balaban J connectivity index is 1.52. The van der Waals surface area contributed by atoms with Crippen molar-refractivity contribution in [2.24, 2.45) is 0 Å². The van der Waals surface area contributed by atoms with E-state index in [0.29, 0.717) is 6.04 Å². The predicted octanol–water partition coefficient (Wildman–Crippen LogP) is 2.71. The molecule has 2 fully saturated rings. The molecule has 3 heteroatoms. The van der Waals surface area contributed by atoms with Gasteiger partial charge >= 0.3 is 0 Å². The molecule has 1 N–H and O–H groups in total. The highest BCUT2D eigenvalue weighted by molar-refractivity contribution is 4.85. The summed E-state index contributed by atoms with van der Waals surface area (Å²) in [5.74, 6) is 0. The molecule has 2 unspecified atom stereocenters. The van der Waals surface area contributed by atoms with Gasteiger partial charge in [0.25, 0.3) is 0 Å². The van der Waals surface area contributed by atoms with Crippen LogP contribution in [0.15, 0.2) is 0 Å². The van der Waals surface area contributed by atoms with E-state index in [-0.39, 0.29) is 0 Å². The lowest BCUT2D eigenvalue weighted by Crippen LogP contribution is -2.38. The van der Waals surface area contributed by atoms with Gasteiger partial charge in [-0.15, -0.1) is 0 Å². The van der Waals surface area contributed by atoms with E-state index in [1.54, 1.807) is 0 Å². The molecule has 2 aliphatic heterocycles. The van der Waals surface area contributed by atoms with Crippen molar-refractivity contribution >= 4 is 0 Å². The topological polar surface area (TPSA) is 18.5 Å². The monoisotopic (exact) mass is 281 g/mol. The maximum absolute atomic E-state index is 3.70. The molecule has 0 saturated carbocycles. The Morgan fingerprint density at radius 2 is 1.95 bits per heavy atom. The second-order valence-electron chi connectivity index (χ2n) is 6.84. The van der Waals surface area contributed by atoms with Crippen molar-refractivity contribution in [1.82, 2.24) is 15.1 Å². The molecular formula is C17H35N3. The van der Waals surface area contributed by atoms with Gasteiger partial charge in [0.05, 0.1) is 0 Å². The Kier molecular flexibility index (Phi) is 7.32. The SMILES string of the molecule is CCCCCC(C)NCCN1CCC(N2CCCC2)C1. The standard InChI is InChI=1S/C17H35N3/c1-3-4-5-8-16(2)18-10-14-19-13-9-17(15-19)20-11-6-7-12-20/h16-18H,3-15H2,1-2H3. The lowest BCUT2D eigenvalue weighted by atomic mass is 10.1. The van der Waals surface area contributed by atoms with Crippen molar-refractivity contribution in [3.63, 3.8) is 0 Å². The molecule has 3 nitrogen and oxygen atoms in total. The summed E-state index contributed by atoms with van der Waals surface area (Å²) in [6, 6.07) is 1.55. The second-order valence-corrected chi connectivity index (χ2v) is 6.84. The summed E-state index contributed by atoms with van der Waals surface area (Å²) in [6.07, 6.45) is 9.68. The summed E-state index contributed by atoms with van der Waals surface area (Å²) in [6.45, 7) is 12.4. The fourth-order valence-corrected chi connectivity index (χ4v) is 3.69. The Morgan fingerprint density at radius 3 is 2.70 bits per heavy atom. The van der Waals surface area contributed by atoms with Crippen molar-refractivity contribution in [2.75, 3.05) is 39.3 Å². The molecule has 2 saturated heterocycles. The van der Waals surface area contributed by atoms with Gasteiger partial charge in [-0.2, -0.15) is 0 Å². The molecule has 2 atom stereocenters. The smallest absolute Gasteiger partial charge is 0.0235 e. The van der Waals surface area contributed by atoms with Gasteiger partial charge < -0.3 is 10.2 Å². The lowest BCUT2D eigenvalue weighted by Gasteiger charge is -2.24. The molecule has 2 heterocycles. The van der Waals surface area contributed by atoms with Crippen LogP contribution in [0.4, 0.5) is 0 Å². The zero-order chi connectivity index (χ0) is 14.2. The van der Waals surface area contributed by atoms with E-state index < -0.39 is 0 Å². The van der Waals surface area contributed by atoms with Crippen LogP contribution in [-0.2, 0) is 0 Å². The minimum absolute atomic E-state index is 0.693. The van der Waals surface area contributed by atoms with E-state index in [1.165, 1.54) is 84.2 Å². The number of rotatable bonds is 9. The molecule has 0 aromatic rings. The highest BCUT2D eigenvalue weighted by Crippen LogP contribution is 2.19. The van der Waals surface area contributed by atoms with Crippen LogP contribution in [0.1, 0.15) is 58.8 Å². The third-order valence-corrected chi connectivity index (χ3v) is 5.07. The molecule has 0 amide bonds. The van der Waals surface area contributed by atoms with Gasteiger partial charge in [0.15, 0.2) is 0 Å². The first-order valence-electron chi connectivity index (χ1n) is 8.99. The normalized spacial score (nSPS) is 26.4. The van der Waals surface area contributed by atoms with Gasteiger partial charge in [-0.25, -0.2) is 0 Å². The van der Waals surface area contributed by atoms with E-state index in [2.05, 4.69) is 29.0 Å². The van der Waals surface area contributed by atoms with Crippen LogP contribution in [0, 0.1) is 0 Å². The van der Waals surface area contributed by atoms with Gasteiger partial charge in [0.2, 0.25) is 0 Å². The number of unbranched alkanes of at least 4 members (excludes halogenated alkanes) is 2. The molecule has 0 aliphatic carbocycles. The number of likely N-dealkylation sites (tertiary alicyclic amines) is 2. The van der Waals surface area contributed by atoms with E-state index in [0.717, 1.165) is 6.04 Å². The highest BCUT2D eigenvalue weighted by atomic mass is 15.3. The molecule has 0 aromatic carbocycles. The first-order chi connectivity index (χ1) is 9.79. The van der Waals surface area contributed by atoms with E-state index in [1.807, 2.05) is 0 Å². The van der Waals surface area contributed by atoms with Crippen LogP contribution in [0.3, 0.4) is 0 Å². The fraction of sp³-hybridized carbons (Fsp3) is 1.00. The van der Waals surface area contributed by atoms with Crippen molar-refractivity contribution in [3.05, 3.63) is 0 Å². The summed E-state index contributed by atoms with van der Waals surface area (Å²) in [4.78, 5) is 5.38. The van der Waals surface area contributed by atoms with Crippen molar-refractivity contribution in [3.8, 4) is 0 Å². The Hall–Kier alpha value is -0.120. The van der Waals surface area contributed by atoms with Gasteiger partial charge in [0.1, 0.15) is 0 Å². The largest absolute Gasteiger partial charge is 0.313 e. The van der Waals surface area contributed by atoms with Crippen molar-refractivity contribution in [1.29, 1.82) is 0 Å². The zero-order valence-electron chi connectivity index (χ0n) is 13.7. The third-order valence-electron chi connectivity index (χ3n) is 5.07. The highest BCUT2D eigenvalue weighted by Gasteiger charge is 2.28. The minimum atomic E-state index is 0.693. The number of nitrogens with zero attached hydrogens (tertiary/aromatic N) is 2. The summed E-state index contributed by atoms with van der Waals surface area (Å²) >= 11 is 0. The van der Waals surface area contributed by atoms with E-state index in [9.17, 15) is 0 Å². The van der Waals surface area contributed by atoms with E-state index >= 15 is 0 Å². The molecule has 20 heavy (non-hydrogen) atoms. The van der Waals surface area contributed by atoms with Crippen molar-refractivity contribution < 1.29 is 0 Å². The summed E-state index contributed by atoms with van der Waals surface area (Å²) in [5, 5.41) is 3.70. The van der Waals surface area contributed by atoms with Gasteiger partial charge in [-0.05, 0) is 52.2 Å². The Bertz CT molecular complexity index is 251. The quantitative estimate of drug-likeness (QED) is 0.656. The third kappa shape index (κ3) is 5.34. The van der Waals surface area contributed by atoms with Crippen LogP contribution in [0.2, 0.25) is 0 Å². The number of hydrogen-bond acceptors (Lipinski definition) is 3. The molecular weight excluding hydrogens is 246 g/mol. The lowest BCUT2D eigenvalue weighted by molar-refractivity contribution is 0.231. The second kappa shape index (κ2) is 9.01. The van der Waals surface area contributed by atoms with Crippen LogP contribution in [-0.4, -0.2) is 61.2 Å². The zero-order valence-corrected chi connectivity index (χ0v) is 13.7. The first kappa shape index (κ1) is 16.3. The Labute approximate surface area is 126 Å². The number of hydrogen-bond donors (Lipinski definition) is 1. The average Bonchev–Trinajstić information content (AvgIpc) is 3.09. The van der Waals surface area contributed by atoms with Gasteiger partial charge in [-0.1, -0.05) is 26.2 Å². The summed E-state index contributed by atoms with van der Waals surface area (Å²) in [7, 11) is 0. The summed E-state index contributed by atoms with van der Waals surface area (Å²) in [5.41, 5.74) is 0. The predicted molar refractivity (Wildman–Crippen MR) is 87.3 cm³/mol. The maximum atomic E-state index is 3.70. The van der Waals surface area contributed by atoms with Crippen LogP contribution < -0.4 is 5.32 Å². The van der Waals surface area contributed by atoms with Crippen LogP contribution in [0.25, 0.3) is 0 Å². The van der Waals surface area contributed by atoms with Gasteiger partial charge in [-0.3, -0.25) is 4.90 Å². The average molecular weight is 281 g/mol. The molecule has 0 bridgehead atoms. The molecule has 2 rings (SSSR count). The molecule has 0 aromatic heterocycles. The van der Waals surface area contributed by atoms with Crippen LogP contribution in [0.5, 0.6) is 0 Å². The molecule has 0 radical (unpaired) electrons. The van der Waals surface area contributed by atoms with Gasteiger partial charge in [0, 0.05) is 31.7 Å². The minimum Gasteiger partial charge on any atom is -0.313 e. The summed E-state index contributed by atoms with van der Waals surface area (Å²) < 4.78 is 0. The number of nitrogens with one attached hydrogen (secondary N) is 1. The van der Waals surface area contributed by atoms with E-state index in [4.69, 9.17) is 0 Å². The molecule has 0 spiro atoms. The molecule has 2 aliphatic rings. The molecule has 118 valence electrons. The van der Waals surface area contributed by atoms with Crippen LogP contribution >= 0.6 is 0 Å². The van der Waals surface area contributed by atoms with Crippen molar-refractivity contribution in [2.45, 2.75) is 70.9 Å². The fourth-order valence-electron chi connectivity index (χ4n) is 3.69.